The molecule has 0 radical (unpaired) electrons. The van der Waals surface area contributed by atoms with Crippen molar-refractivity contribution >= 4 is 16.7 Å². The fraction of sp³-hybridized carbons (Fsp3) is 0.158. The smallest absolute Gasteiger partial charge is 0.312 e. The van der Waals surface area contributed by atoms with Crippen molar-refractivity contribution in [1.82, 2.24) is 9.78 Å². The number of rotatable bonds is 4. The molecule has 124 valence electrons. The maximum atomic E-state index is 12.2. The quantitative estimate of drug-likeness (QED) is 0.683. The number of carbonyl (C=O) groups excluding carboxylic acids is 1. The van der Waals surface area contributed by atoms with Gasteiger partial charge < -0.3 is 4.74 Å². The molecule has 3 rings (SSSR count). The number of fused-ring (bicyclic) bond motifs is 1. The number of benzene rings is 2. The van der Waals surface area contributed by atoms with E-state index in [1.165, 1.54) is 4.68 Å². The number of hydrogen-bond acceptors (Lipinski definition) is 5. The molecule has 0 saturated heterocycles. The number of nitriles is 1. The molecule has 0 aliphatic carbocycles. The number of esters is 1. The van der Waals surface area contributed by atoms with Crippen LogP contribution in [-0.2, 0) is 29.6 Å². The average molecular weight is 333 g/mol. The summed E-state index contributed by atoms with van der Waals surface area (Å²) < 4.78 is 6.49. The van der Waals surface area contributed by atoms with Crippen molar-refractivity contribution in [3.8, 4) is 6.07 Å². The van der Waals surface area contributed by atoms with Crippen LogP contribution in [0.25, 0.3) is 10.8 Å². The second-order valence-corrected chi connectivity index (χ2v) is 5.53. The number of ether oxygens (including phenoxy) is 1. The molecule has 0 unspecified atom stereocenters. The Hall–Kier alpha value is -3.46. The molecule has 0 aliphatic heterocycles. The molecule has 1 heterocycles. The van der Waals surface area contributed by atoms with Crippen molar-refractivity contribution in [2.24, 2.45) is 7.05 Å². The third-order valence-electron chi connectivity index (χ3n) is 3.87. The van der Waals surface area contributed by atoms with Crippen molar-refractivity contribution in [1.29, 1.82) is 5.26 Å². The lowest BCUT2D eigenvalue weighted by atomic mass is 10.1. The van der Waals surface area contributed by atoms with Crippen LogP contribution in [0.3, 0.4) is 0 Å². The monoisotopic (exact) mass is 333 g/mol. The summed E-state index contributed by atoms with van der Waals surface area (Å²) in [5.41, 5.74) is 1.39. The molecule has 6 heteroatoms. The summed E-state index contributed by atoms with van der Waals surface area (Å²) in [5, 5.41) is 14.4. The standard InChI is InChI=1S/C19H15N3O3/c1-22-19(24)16-9-5-4-8-15(16)17(21-22)10-18(23)25-12-14-7-3-2-6-13(14)11-20/h2-9H,10,12H2,1H3. The maximum Gasteiger partial charge on any atom is 0.312 e. The fourth-order valence-electron chi connectivity index (χ4n) is 2.61. The highest BCUT2D eigenvalue weighted by molar-refractivity contribution is 5.86. The van der Waals surface area contributed by atoms with Gasteiger partial charge >= 0.3 is 5.97 Å². The van der Waals surface area contributed by atoms with E-state index in [4.69, 9.17) is 10.00 Å². The second-order valence-electron chi connectivity index (χ2n) is 5.53. The first-order valence-electron chi connectivity index (χ1n) is 7.68. The summed E-state index contributed by atoms with van der Waals surface area (Å²) >= 11 is 0. The van der Waals surface area contributed by atoms with Crippen molar-refractivity contribution in [3.63, 3.8) is 0 Å². The highest BCUT2D eigenvalue weighted by atomic mass is 16.5. The molecular weight excluding hydrogens is 318 g/mol. The largest absolute Gasteiger partial charge is 0.460 e. The predicted molar refractivity (Wildman–Crippen MR) is 91.6 cm³/mol. The third kappa shape index (κ3) is 3.40. The highest BCUT2D eigenvalue weighted by Gasteiger charge is 2.14. The molecule has 1 aromatic heterocycles. The summed E-state index contributed by atoms with van der Waals surface area (Å²) in [7, 11) is 1.55. The van der Waals surface area contributed by atoms with E-state index in [-0.39, 0.29) is 18.6 Å². The topological polar surface area (TPSA) is 85.0 Å². The van der Waals surface area contributed by atoms with E-state index in [9.17, 15) is 9.59 Å². The van der Waals surface area contributed by atoms with Gasteiger partial charge in [0.2, 0.25) is 0 Å². The van der Waals surface area contributed by atoms with E-state index in [2.05, 4.69) is 11.2 Å². The Bertz CT molecular complexity index is 1050. The summed E-state index contributed by atoms with van der Waals surface area (Å²) in [5.74, 6) is -0.468. The Kier molecular flexibility index (Phi) is 4.57. The lowest BCUT2D eigenvalue weighted by Crippen LogP contribution is -2.22. The molecule has 0 bridgehead atoms. The van der Waals surface area contributed by atoms with Gasteiger partial charge in [0.1, 0.15) is 6.61 Å². The molecule has 3 aromatic rings. The molecule has 0 spiro atoms. The molecule has 0 amide bonds. The molecule has 0 N–H and O–H groups in total. The molecule has 2 aromatic carbocycles. The van der Waals surface area contributed by atoms with Crippen molar-refractivity contribution < 1.29 is 9.53 Å². The van der Waals surface area contributed by atoms with E-state index in [0.29, 0.717) is 27.6 Å². The maximum absolute atomic E-state index is 12.2. The first-order chi connectivity index (χ1) is 12.1. The molecule has 0 aliphatic rings. The van der Waals surface area contributed by atoms with Gasteiger partial charge in [0, 0.05) is 18.0 Å². The van der Waals surface area contributed by atoms with Crippen LogP contribution >= 0.6 is 0 Å². The van der Waals surface area contributed by atoms with Crippen LogP contribution in [-0.4, -0.2) is 15.7 Å². The Morgan fingerprint density at radius 3 is 2.60 bits per heavy atom. The van der Waals surface area contributed by atoms with E-state index < -0.39 is 5.97 Å². The Labute approximate surface area is 143 Å². The van der Waals surface area contributed by atoms with E-state index >= 15 is 0 Å². The van der Waals surface area contributed by atoms with Gasteiger partial charge in [-0.15, -0.1) is 0 Å². The molecule has 6 nitrogen and oxygen atoms in total. The number of aromatic nitrogens is 2. The van der Waals surface area contributed by atoms with Gasteiger partial charge in [-0.2, -0.15) is 10.4 Å². The SMILES string of the molecule is Cn1nc(CC(=O)OCc2ccccc2C#N)c2ccccc2c1=O. The van der Waals surface area contributed by atoms with Crippen molar-refractivity contribution in [3.05, 3.63) is 75.7 Å². The Morgan fingerprint density at radius 2 is 1.84 bits per heavy atom. The predicted octanol–water partition coefficient (Wildman–Crippen LogP) is 2.09. The Balaban J connectivity index is 1.80. The number of carbonyl (C=O) groups is 1. The second kappa shape index (κ2) is 6.97. The number of hydrogen-bond donors (Lipinski definition) is 0. The molecule has 0 atom stereocenters. The first-order valence-corrected chi connectivity index (χ1v) is 7.68. The number of aryl methyl sites for hydroxylation is 1. The van der Waals surface area contributed by atoms with Crippen molar-refractivity contribution in [2.45, 2.75) is 13.0 Å². The lowest BCUT2D eigenvalue weighted by molar-refractivity contribution is -0.144. The van der Waals surface area contributed by atoms with Crippen LogP contribution in [0.5, 0.6) is 0 Å². The van der Waals surface area contributed by atoms with Gasteiger partial charge in [-0.25, -0.2) is 4.68 Å². The van der Waals surface area contributed by atoms with Crippen LogP contribution in [0, 0.1) is 11.3 Å². The third-order valence-corrected chi connectivity index (χ3v) is 3.87. The van der Waals surface area contributed by atoms with Gasteiger partial charge in [-0.3, -0.25) is 9.59 Å². The van der Waals surface area contributed by atoms with Crippen LogP contribution < -0.4 is 5.56 Å². The van der Waals surface area contributed by atoms with Gasteiger partial charge in [0.15, 0.2) is 0 Å². The molecule has 25 heavy (non-hydrogen) atoms. The first kappa shape index (κ1) is 16.4. The van der Waals surface area contributed by atoms with Crippen LogP contribution in [0.2, 0.25) is 0 Å². The van der Waals surface area contributed by atoms with Gasteiger partial charge in [-0.1, -0.05) is 36.4 Å². The summed E-state index contributed by atoms with van der Waals surface area (Å²) in [4.78, 5) is 24.3. The molecule has 0 fully saturated rings. The minimum atomic E-state index is -0.468. The van der Waals surface area contributed by atoms with Crippen LogP contribution in [0.1, 0.15) is 16.8 Å². The average Bonchev–Trinajstić information content (AvgIpc) is 2.64. The summed E-state index contributed by atoms with van der Waals surface area (Å²) in [6.45, 7) is 0.0201. The van der Waals surface area contributed by atoms with Crippen molar-refractivity contribution in [2.75, 3.05) is 0 Å². The zero-order chi connectivity index (χ0) is 17.8. The summed E-state index contributed by atoms with van der Waals surface area (Å²) in [6, 6.07) is 16.0. The zero-order valence-electron chi connectivity index (χ0n) is 13.6. The number of nitrogens with zero attached hydrogens (tertiary/aromatic N) is 3. The van der Waals surface area contributed by atoms with E-state index in [0.717, 1.165) is 0 Å². The highest BCUT2D eigenvalue weighted by Crippen LogP contribution is 2.15. The minimum absolute atomic E-state index is 0.0201. The van der Waals surface area contributed by atoms with E-state index in [1.807, 2.05) is 0 Å². The molecule has 0 saturated carbocycles. The zero-order valence-corrected chi connectivity index (χ0v) is 13.6. The Morgan fingerprint density at radius 1 is 1.16 bits per heavy atom. The fourth-order valence-corrected chi connectivity index (χ4v) is 2.61. The van der Waals surface area contributed by atoms with Gasteiger partial charge in [0.05, 0.1) is 29.1 Å². The van der Waals surface area contributed by atoms with Gasteiger partial charge in [-0.05, 0) is 12.1 Å². The molecular formula is C19H15N3O3. The minimum Gasteiger partial charge on any atom is -0.460 e. The van der Waals surface area contributed by atoms with Crippen LogP contribution in [0.4, 0.5) is 0 Å². The van der Waals surface area contributed by atoms with E-state index in [1.54, 1.807) is 55.6 Å². The normalized spacial score (nSPS) is 10.4. The van der Waals surface area contributed by atoms with Gasteiger partial charge in [0.25, 0.3) is 5.56 Å². The lowest BCUT2D eigenvalue weighted by Gasteiger charge is -2.09. The van der Waals surface area contributed by atoms with Crippen LogP contribution in [0.15, 0.2) is 53.3 Å². The summed E-state index contributed by atoms with van der Waals surface area (Å²) in [6.07, 6.45) is -0.0522.